The lowest BCUT2D eigenvalue weighted by Gasteiger charge is -2.11. The van der Waals surface area contributed by atoms with Crippen molar-refractivity contribution in [1.82, 2.24) is 15.6 Å². The Labute approximate surface area is 142 Å². The molecule has 2 amide bonds. The summed E-state index contributed by atoms with van der Waals surface area (Å²) in [4.78, 5) is 27.4. The molecule has 2 heterocycles. The first-order valence-electron chi connectivity index (χ1n) is 7.52. The lowest BCUT2D eigenvalue weighted by molar-refractivity contribution is -0.127. The molecule has 24 heavy (non-hydrogen) atoms. The third kappa shape index (κ3) is 3.62. The van der Waals surface area contributed by atoms with Crippen LogP contribution in [0.1, 0.15) is 19.6 Å². The first-order chi connectivity index (χ1) is 11.5. The molecule has 2 N–H and O–H groups in total. The van der Waals surface area contributed by atoms with Gasteiger partial charge in [0.2, 0.25) is 11.8 Å². The molecule has 0 unspecified atom stereocenters. The van der Waals surface area contributed by atoms with Crippen molar-refractivity contribution in [1.29, 1.82) is 0 Å². The number of para-hydroxylation sites is 1. The average Bonchev–Trinajstić information content (AvgIpc) is 3.18. The SMILES string of the molecule is CC(=O)N[C@H](C)C(=O)NCc1ccc(-c2nc3ccccc3s2)o1. The minimum absolute atomic E-state index is 0.242. The van der Waals surface area contributed by atoms with Crippen LogP contribution >= 0.6 is 11.3 Å². The van der Waals surface area contributed by atoms with Gasteiger partial charge in [0.05, 0.1) is 16.8 Å². The summed E-state index contributed by atoms with van der Waals surface area (Å²) in [6.07, 6.45) is 0. The van der Waals surface area contributed by atoms with E-state index in [1.807, 2.05) is 36.4 Å². The van der Waals surface area contributed by atoms with Gasteiger partial charge in [0.15, 0.2) is 10.8 Å². The molecule has 7 heteroatoms. The number of benzene rings is 1. The third-order valence-electron chi connectivity index (χ3n) is 3.42. The molecule has 0 bridgehead atoms. The predicted octanol–water partition coefficient (Wildman–Crippen LogP) is 2.70. The second-order valence-corrected chi connectivity index (χ2v) is 6.42. The van der Waals surface area contributed by atoms with Gasteiger partial charge in [-0.25, -0.2) is 4.98 Å². The Morgan fingerprint density at radius 3 is 2.79 bits per heavy atom. The van der Waals surface area contributed by atoms with Crippen molar-refractivity contribution in [2.45, 2.75) is 26.4 Å². The van der Waals surface area contributed by atoms with Gasteiger partial charge in [-0.15, -0.1) is 11.3 Å². The van der Waals surface area contributed by atoms with E-state index in [4.69, 9.17) is 4.42 Å². The molecule has 0 aliphatic rings. The maximum absolute atomic E-state index is 11.9. The summed E-state index contributed by atoms with van der Waals surface area (Å²) in [5.41, 5.74) is 0.938. The number of carbonyl (C=O) groups excluding carboxylic acids is 2. The standard InChI is InChI=1S/C17H17N3O3S/c1-10(19-11(2)21)16(22)18-9-12-7-8-14(23-12)17-20-13-5-3-4-6-15(13)24-17/h3-8,10H,9H2,1-2H3,(H,18,22)(H,19,21)/t10-/m1/s1. The Hall–Kier alpha value is -2.67. The minimum Gasteiger partial charge on any atom is -0.457 e. The van der Waals surface area contributed by atoms with E-state index in [0.29, 0.717) is 11.5 Å². The highest BCUT2D eigenvalue weighted by molar-refractivity contribution is 7.21. The number of hydrogen-bond acceptors (Lipinski definition) is 5. The summed E-state index contributed by atoms with van der Waals surface area (Å²) in [6, 6.07) is 11.0. The predicted molar refractivity (Wildman–Crippen MR) is 92.4 cm³/mol. The Morgan fingerprint density at radius 2 is 2.04 bits per heavy atom. The third-order valence-corrected chi connectivity index (χ3v) is 4.47. The van der Waals surface area contributed by atoms with E-state index in [1.54, 1.807) is 18.3 Å². The van der Waals surface area contributed by atoms with Crippen LogP contribution in [0.5, 0.6) is 0 Å². The van der Waals surface area contributed by atoms with Crippen molar-refractivity contribution in [2.75, 3.05) is 0 Å². The number of aromatic nitrogens is 1. The van der Waals surface area contributed by atoms with Crippen LogP contribution in [-0.4, -0.2) is 22.8 Å². The lowest BCUT2D eigenvalue weighted by Crippen LogP contribution is -2.43. The van der Waals surface area contributed by atoms with Crippen LogP contribution in [0.15, 0.2) is 40.8 Å². The van der Waals surface area contributed by atoms with Gasteiger partial charge in [-0.1, -0.05) is 12.1 Å². The highest BCUT2D eigenvalue weighted by Crippen LogP contribution is 2.30. The van der Waals surface area contributed by atoms with Crippen LogP contribution in [0.25, 0.3) is 21.0 Å². The second-order valence-electron chi connectivity index (χ2n) is 5.39. The van der Waals surface area contributed by atoms with Crippen molar-refractivity contribution in [3.05, 3.63) is 42.2 Å². The molecule has 0 aliphatic carbocycles. The molecule has 0 aliphatic heterocycles. The summed E-state index contributed by atoms with van der Waals surface area (Å²) >= 11 is 1.56. The first-order valence-corrected chi connectivity index (χ1v) is 8.34. The molecule has 2 aromatic heterocycles. The van der Waals surface area contributed by atoms with Crippen molar-refractivity contribution in [3.8, 4) is 10.8 Å². The van der Waals surface area contributed by atoms with Gasteiger partial charge >= 0.3 is 0 Å². The molecule has 3 rings (SSSR count). The fourth-order valence-corrected chi connectivity index (χ4v) is 3.19. The van der Waals surface area contributed by atoms with Crippen molar-refractivity contribution in [2.24, 2.45) is 0 Å². The molecule has 0 saturated carbocycles. The van der Waals surface area contributed by atoms with E-state index in [1.165, 1.54) is 6.92 Å². The molecule has 0 saturated heterocycles. The zero-order valence-electron chi connectivity index (χ0n) is 13.3. The van der Waals surface area contributed by atoms with Gasteiger partial charge in [0, 0.05) is 6.92 Å². The zero-order valence-corrected chi connectivity index (χ0v) is 14.1. The number of nitrogens with one attached hydrogen (secondary N) is 2. The highest BCUT2D eigenvalue weighted by atomic mass is 32.1. The molecule has 6 nitrogen and oxygen atoms in total. The molecule has 1 aromatic carbocycles. The summed E-state index contributed by atoms with van der Waals surface area (Å²) < 4.78 is 6.86. The number of nitrogens with zero attached hydrogens (tertiary/aromatic N) is 1. The van der Waals surface area contributed by atoms with Crippen molar-refractivity contribution < 1.29 is 14.0 Å². The molecule has 3 aromatic rings. The molecule has 0 spiro atoms. The number of furan rings is 1. The topological polar surface area (TPSA) is 84.2 Å². The quantitative estimate of drug-likeness (QED) is 0.746. The number of rotatable bonds is 5. The Balaban J connectivity index is 1.65. The molecule has 124 valence electrons. The van der Waals surface area contributed by atoms with Crippen LogP contribution < -0.4 is 10.6 Å². The zero-order chi connectivity index (χ0) is 17.1. The van der Waals surface area contributed by atoms with Crippen LogP contribution in [0.4, 0.5) is 0 Å². The largest absolute Gasteiger partial charge is 0.457 e. The lowest BCUT2D eigenvalue weighted by atomic mass is 10.3. The Kier molecular flexibility index (Phi) is 4.61. The van der Waals surface area contributed by atoms with Gasteiger partial charge in [-0.2, -0.15) is 0 Å². The minimum atomic E-state index is -0.582. The van der Waals surface area contributed by atoms with E-state index in [0.717, 1.165) is 15.2 Å². The molecular formula is C17H17N3O3S. The normalized spacial score (nSPS) is 12.1. The van der Waals surface area contributed by atoms with E-state index in [2.05, 4.69) is 15.6 Å². The average molecular weight is 343 g/mol. The molecular weight excluding hydrogens is 326 g/mol. The smallest absolute Gasteiger partial charge is 0.242 e. The van der Waals surface area contributed by atoms with Crippen LogP contribution in [0, 0.1) is 0 Å². The summed E-state index contributed by atoms with van der Waals surface area (Å²) in [5, 5.41) is 6.07. The maximum Gasteiger partial charge on any atom is 0.242 e. The monoisotopic (exact) mass is 343 g/mol. The van der Waals surface area contributed by atoms with Crippen LogP contribution in [0.3, 0.4) is 0 Å². The summed E-state index contributed by atoms with van der Waals surface area (Å²) in [5.74, 6) is 0.805. The molecule has 0 fully saturated rings. The van der Waals surface area contributed by atoms with E-state index < -0.39 is 6.04 Å². The van der Waals surface area contributed by atoms with Crippen molar-refractivity contribution >= 4 is 33.4 Å². The van der Waals surface area contributed by atoms with Crippen molar-refractivity contribution in [3.63, 3.8) is 0 Å². The van der Waals surface area contributed by atoms with Crippen LogP contribution in [0.2, 0.25) is 0 Å². The molecule has 0 radical (unpaired) electrons. The number of amides is 2. The van der Waals surface area contributed by atoms with Gasteiger partial charge in [0.25, 0.3) is 0 Å². The Bertz CT molecular complexity index is 851. The fourth-order valence-electron chi connectivity index (χ4n) is 2.26. The number of fused-ring (bicyclic) bond motifs is 1. The number of thiazole rings is 1. The first kappa shape index (κ1) is 16.2. The van der Waals surface area contributed by atoms with E-state index in [9.17, 15) is 9.59 Å². The number of carbonyl (C=O) groups is 2. The summed E-state index contributed by atoms with van der Waals surface area (Å²) in [6.45, 7) is 3.26. The highest BCUT2D eigenvalue weighted by Gasteiger charge is 2.15. The van der Waals surface area contributed by atoms with Gasteiger partial charge in [0.1, 0.15) is 11.8 Å². The molecule has 1 atom stereocenters. The Morgan fingerprint density at radius 1 is 1.25 bits per heavy atom. The summed E-state index contributed by atoms with van der Waals surface area (Å²) in [7, 11) is 0. The maximum atomic E-state index is 11.9. The van der Waals surface area contributed by atoms with E-state index >= 15 is 0 Å². The van der Waals surface area contributed by atoms with E-state index in [-0.39, 0.29) is 18.4 Å². The van der Waals surface area contributed by atoms with Gasteiger partial charge < -0.3 is 15.1 Å². The number of hydrogen-bond donors (Lipinski definition) is 2. The van der Waals surface area contributed by atoms with Gasteiger partial charge in [-0.05, 0) is 31.2 Å². The van der Waals surface area contributed by atoms with Gasteiger partial charge in [-0.3, -0.25) is 9.59 Å². The fraction of sp³-hybridized carbons (Fsp3) is 0.235. The van der Waals surface area contributed by atoms with Crippen LogP contribution in [-0.2, 0) is 16.1 Å². The second kappa shape index (κ2) is 6.84.